The quantitative estimate of drug-likeness (QED) is 0.755. The normalized spacial score (nSPS) is 25.1. The van der Waals surface area contributed by atoms with Gasteiger partial charge in [-0.1, -0.05) is 29.8 Å². The van der Waals surface area contributed by atoms with E-state index in [1.54, 1.807) is 0 Å². The molecule has 1 aromatic carbocycles. The molecule has 0 unspecified atom stereocenters. The molecule has 0 amide bonds. The fraction of sp³-hybridized carbons (Fsp3) is 0.562. The van der Waals surface area contributed by atoms with Crippen molar-refractivity contribution in [3.63, 3.8) is 0 Å². The van der Waals surface area contributed by atoms with Crippen molar-refractivity contribution in [3.05, 3.63) is 35.4 Å². The fourth-order valence-corrected chi connectivity index (χ4v) is 2.72. The lowest BCUT2D eigenvalue weighted by Crippen LogP contribution is -2.39. The van der Waals surface area contributed by atoms with Crippen LogP contribution in [0.15, 0.2) is 24.3 Å². The average molecular weight is 242 g/mol. The third-order valence-corrected chi connectivity index (χ3v) is 3.90. The van der Waals surface area contributed by atoms with Gasteiger partial charge in [-0.15, -0.1) is 0 Å². The summed E-state index contributed by atoms with van der Waals surface area (Å²) in [6.45, 7) is 10.7. The molecule has 0 aromatic heterocycles. The average Bonchev–Trinajstić information content (AvgIpc) is 2.72. The van der Waals surface area contributed by atoms with Crippen LogP contribution in [0.4, 0.5) is 0 Å². The van der Waals surface area contributed by atoms with Crippen LogP contribution in [-0.4, -0.2) is 23.5 Å². The molecular formula is C16H22N2. The first-order chi connectivity index (χ1) is 8.41. The Balaban J connectivity index is 2.26. The van der Waals surface area contributed by atoms with Crippen molar-refractivity contribution in [1.29, 1.82) is 5.26 Å². The summed E-state index contributed by atoms with van der Waals surface area (Å²) in [5.41, 5.74) is 2.74. The summed E-state index contributed by atoms with van der Waals surface area (Å²) >= 11 is 0. The van der Waals surface area contributed by atoms with E-state index in [4.69, 9.17) is 0 Å². The molecule has 0 radical (unpaired) electrons. The Morgan fingerprint density at radius 2 is 2.00 bits per heavy atom. The number of likely N-dealkylation sites (tertiary alicyclic amines) is 1. The van der Waals surface area contributed by atoms with E-state index in [1.165, 1.54) is 11.1 Å². The Kier molecular flexibility index (Phi) is 3.45. The monoisotopic (exact) mass is 242 g/mol. The van der Waals surface area contributed by atoms with Crippen LogP contribution < -0.4 is 0 Å². The van der Waals surface area contributed by atoms with Crippen LogP contribution in [0.5, 0.6) is 0 Å². The summed E-state index contributed by atoms with van der Waals surface area (Å²) in [7, 11) is 0. The Hall–Kier alpha value is -1.33. The minimum atomic E-state index is 0.117. The highest BCUT2D eigenvalue weighted by atomic mass is 15.2. The largest absolute Gasteiger partial charge is 0.297 e. The third kappa shape index (κ3) is 2.57. The molecule has 1 aromatic rings. The number of aryl methyl sites for hydroxylation is 1. The molecule has 0 spiro atoms. The maximum absolute atomic E-state index is 9.37. The second-order valence-corrected chi connectivity index (χ2v) is 6.33. The number of benzene rings is 1. The summed E-state index contributed by atoms with van der Waals surface area (Å²) in [5, 5.41) is 9.37. The van der Waals surface area contributed by atoms with Crippen molar-refractivity contribution in [2.45, 2.75) is 39.2 Å². The van der Waals surface area contributed by atoms with Crippen molar-refractivity contribution in [2.24, 2.45) is 5.92 Å². The van der Waals surface area contributed by atoms with Crippen LogP contribution in [0.25, 0.3) is 0 Å². The lowest BCUT2D eigenvalue weighted by molar-refractivity contribution is 0.170. The lowest BCUT2D eigenvalue weighted by atomic mass is 9.89. The number of hydrogen-bond acceptors (Lipinski definition) is 2. The zero-order valence-corrected chi connectivity index (χ0v) is 11.8. The number of nitrogens with zero attached hydrogens (tertiary/aromatic N) is 2. The van der Waals surface area contributed by atoms with Crippen molar-refractivity contribution in [2.75, 3.05) is 13.1 Å². The van der Waals surface area contributed by atoms with Gasteiger partial charge in [0.2, 0.25) is 0 Å². The van der Waals surface area contributed by atoms with Crippen LogP contribution >= 0.6 is 0 Å². The third-order valence-electron chi connectivity index (χ3n) is 3.90. The predicted octanol–water partition coefficient (Wildman–Crippen LogP) is 3.33. The van der Waals surface area contributed by atoms with E-state index in [0.717, 1.165) is 13.1 Å². The SMILES string of the molecule is Cc1cccc([C@H]2CN(C(C)(C)C)C[C@@H]2C#N)c1. The Morgan fingerprint density at radius 1 is 1.28 bits per heavy atom. The van der Waals surface area contributed by atoms with Gasteiger partial charge in [-0.05, 0) is 33.3 Å². The van der Waals surface area contributed by atoms with Crippen molar-refractivity contribution in [1.82, 2.24) is 4.90 Å². The molecule has 18 heavy (non-hydrogen) atoms. The first kappa shape index (κ1) is 13.1. The maximum atomic E-state index is 9.37. The molecule has 1 heterocycles. The summed E-state index contributed by atoms with van der Waals surface area (Å²) in [6.07, 6.45) is 0. The van der Waals surface area contributed by atoms with E-state index in [-0.39, 0.29) is 11.5 Å². The molecule has 0 aliphatic carbocycles. The zero-order valence-electron chi connectivity index (χ0n) is 11.8. The predicted molar refractivity (Wildman–Crippen MR) is 74.3 cm³/mol. The molecule has 0 bridgehead atoms. The molecular weight excluding hydrogens is 220 g/mol. The molecule has 2 nitrogen and oxygen atoms in total. The first-order valence-electron chi connectivity index (χ1n) is 6.63. The van der Waals surface area contributed by atoms with Crippen LogP contribution in [0, 0.1) is 24.2 Å². The van der Waals surface area contributed by atoms with Gasteiger partial charge in [-0.3, -0.25) is 4.90 Å². The van der Waals surface area contributed by atoms with Gasteiger partial charge < -0.3 is 0 Å². The van der Waals surface area contributed by atoms with Gasteiger partial charge in [-0.25, -0.2) is 0 Å². The van der Waals surface area contributed by atoms with E-state index >= 15 is 0 Å². The van der Waals surface area contributed by atoms with E-state index in [1.807, 2.05) is 0 Å². The van der Waals surface area contributed by atoms with Crippen LogP contribution in [-0.2, 0) is 0 Å². The smallest absolute Gasteiger partial charge is 0.0676 e. The van der Waals surface area contributed by atoms with Gasteiger partial charge in [0.25, 0.3) is 0 Å². The number of hydrogen-bond donors (Lipinski definition) is 0. The molecule has 2 atom stereocenters. The first-order valence-corrected chi connectivity index (χ1v) is 6.63. The van der Waals surface area contributed by atoms with Crippen molar-refractivity contribution < 1.29 is 0 Å². The van der Waals surface area contributed by atoms with Crippen LogP contribution in [0.1, 0.15) is 37.8 Å². The molecule has 0 N–H and O–H groups in total. The highest BCUT2D eigenvalue weighted by molar-refractivity contribution is 5.29. The fourth-order valence-electron chi connectivity index (χ4n) is 2.72. The summed E-state index contributed by atoms with van der Waals surface area (Å²) in [4.78, 5) is 2.42. The zero-order chi connectivity index (χ0) is 13.3. The minimum Gasteiger partial charge on any atom is -0.297 e. The molecule has 1 aliphatic rings. The molecule has 1 fully saturated rings. The van der Waals surface area contributed by atoms with E-state index in [0.29, 0.717) is 5.92 Å². The standard InChI is InChI=1S/C16H22N2/c1-12-6-5-7-13(8-12)15-11-18(16(2,3)4)10-14(15)9-17/h5-8,14-15H,10-11H2,1-4H3/t14-,15+/m0/s1. The second-order valence-electron chi connectivity index (χ2n) is 6.33. The molecule has 1 aliphatic heterocycles. The lowest BCUT2D eigenvalue weighted by Gasteiger charge is -2.31. The highest BCUT2D eigenvalue weighted by Crippen LogP contribution is 2.35. The summed E-state index contributed by atoms with van der Waals surface area (Å²) < 4.78 is 0. The van der Waals surface area contributed by atoms with Gasteiger partial charge in [0.1, 0.15) is 0 Å². The van der Waals surface area contributed by atoms with Crippen molar-refractivity contribution >= 4 is 0 Å². The van der Waals surface area contributed by atoms with E-state index in [2.05, 4.69) is 62.9 Å². The Morgan fingerprint density at radius 3 is 2.56 bits per heavy atom. The van der Waals surface area contributed by atoms with E-state index < -0.39 is 0 Å². The van der Waals surface area contributed by atoms with Crippen LogP contribution in [0.2, 0.25) is 0 Å². The number of rotatable bonds is 1. The Bertz CT molecular complexity index is 465. The number of nitriles is 1. The van der Waals surface area contributed by atoms with Gasteiger partial charge in [0.15, 0.2) is 0 Å². The van der Waals surface area contributed by atoms with Gasteiger partial charge in [0.05, 0.1) is 12.0 Å². The second kappa shape index (κ2) is 4.74. The van der Waals surface area contributed by atoms with Gasteiger partial charge in [-0.2, -0.15) is 5.26 Å². The molecule has 2 rings (SSSR count). The van der Waals surface area contributed by atoms with Crippen LogP contribution in [0.3, 0.4) is 0 Å². The van der Waals surface area contributed by atoms with Gasteiger partial charge in [0, 0.05) is 24.5 Å². The molecule has 2 heteroatoms. The van der Waals surface area contributed by atoms with Crippen molar-refractivity contribution in [3.8, 4) is 6.07 Å². The maximum Gasteiger partial charge on any atom is 0.0676 e. The Labute approximate surface area is 110 Å². The van der Waals surface area contributed by atoms with E-state index in [9.17, 15) is 5.26 Å². The summed E-state index contributed by atoms with van der Waals surface area (Å²) in [5.74, 6) is 0.472. The molecule has 96 valence electrons. The summed E-state index contributed by atoms with van der Waals surface area (Å²) in [6, 6.07) is 11.1. The minimum absolute atomic E-state index is 0.117. The molecule has 1 saturated heterocycles. The van der Waals surface area contributed by atoms with Gasteiger partial charge >= 0.3 is 0 Å². The topological polar surface area (TPSA) is 27.0 Å². The highest BCUT2D eigenvalue weighted by Gasteiger charge is 2.38. The molecule has 0 saturated carbocycles.